The van der Waals surface area contributed by atoms with Crippen LogP contribution >= 0.6 is 11.6 Å². The largest absolute Gasteiger partial charge is 0.494 e. The van der Waals surface area contributed by atoms with Crippen LogP contribution in [0.2, 0.25) is 5.02 Å². The summed E-state index contributed by atoms with van der Waals surface area (Å²) in [5, 5.41) is 0.603. The number of amides is 2. The van der Waals surface area contributed by atoms with Crippen LogP contribution in [0.3, 0.4) is 0 Å². The number of halogens is 1. The van der Waals surface area contributed by atoms with Crippen molar-refractivity contribution in [3.05, 3.63) is 65.4 Å². The number of carbonyl (C=O) groups is 2. The van der Waals surface area contributed by atoms with Crippen molar-refractivity contribution in [2.75, 3.05) is 50.8 Å². The molecule has 3 aliphatic rings. The van der Waals surface area contributed by atoms with E-state index < -0.39 is 0 Å². The molecule has 1 aromatic carbocycles. The third-order valence-corrected chi connectivity index (χ3v) is 6.59. The van der Waals surface area contributed by atoms with Gasteiger partial charge in [0, 0.05) is 49.4 Å². The van der Waals surface area contributed by atoms with E-state index in [0.717, 1.165) is 11.4 Å². The lowest BCUT2D eigenvalue weighted by atomic mass is 9.92. The second kappa shape index (κ2) is 11.6. The van der Waals surface area contributed by atoms with Gasteiger partial charge in [0.1, 0.15) is 11.9 Å². The van der Waals surface area contributed by atoms with Crippen molar-refractivity contribution in [1.82, 2.24) is 9.80 Å². The van der Waals surface area contributed by atoms with Crippen molar-refractivity contribution in [3.8, 4) is 0 Å². The zero-order chi connectivity index (χ0) is 24.8. The zero-order valence-corrected chi connectivity index (χ0v) is 20.9. The van der Waals surface area contributed by atoms with Crippen molar-refractivity contribution in [1.29, 1.82) is 0 Å². The third-order valence-electron chi connectivity index (χ3n) is 6.34. The predicted octanol–water partition coefficient (Wildman–Crippen LogP) is 4.47. The van der Waals surface area contributed by atoms with Gasteiger partial charge >= 0.3 is 12.2 Å². The highest BCUT2D eigenvalue weighted by molar-refractivity contribution is 6.30. The second-order valence-electron chi connectivity index (χ2n) is 8.57. The van der Waals surface area contributed by atoms with Crippen LogP contribution in [0.4, 0.5) is 15.3 Å². The average molecular weight is 502 g/mol. The van der Waals surface area contributed by atoms with Gasteiger partial charge in [-0.15, -0.1) is 0 Å². The average Bonchev–Trinajstić information content (AvgIpc) is 3.01. The van der Waals surface area contributed by atoms with Crippen LogP contribution < -0.4 is 4.90 Å². The molecular formula is C26H32ClN3O5. The number of hydrogen-bond donors (Lipinski definition) is 0. The number of rotatable bonds is 7. The van der Waals surface area contributed by atoms with E-state index in [1.807, 2.05) is 43.4 Å². The van der Waals surface area contributed by atoms with Gasteiger partial charge in [0.15, 0.2) is 0 Å². The Kier molecular flexibility index (Phi) is 8.36. The number of piperazine rings is 1. The van der Waals surface area contributed by atoms with Crippen LogP contribution in [0, 0.1) is 5.92 Å². The Morgan fingerprint density at radius 1 is 1.09 bits per heavy atom. The first kappa shape index (κ1) is 25.1. The van der Waals surface area contributed by atoms with Gasteiger partial charge in [-0.3, -0.25) is 9.80 Å². The molecule has 2 unspecified atom stereocenters. The quantitative estimate of drug-likeness (QED) is 0.549. The molecule has 2 amide bonds. The summed E-state index contributed by atoms with van der Waals surface area (Å²) >= 11 is 6.10. The molecule has 0 bridgehead atoms. The Morgan fingerprint density at radius 2 is 1.83 bits per heavy atom. The van der Waals surface area contributed by atoms with E-state index >= 15 is 0 Å². The van der Waals surface area contributed by atoms with E-state index in [1.165, 1.54) is 0 Å². The summed E-state index contributed by atoms with van der Waals surface area (Å²) in [5.74, 6) is 0.638. The molecule has 0 N–H and O–H groups in total. The minimum atomic E-state index is -0.385. The van der Waals surface area contributed by atoms with Gasteiger partial charge in [0.2, 0.25) is 0 Å². The lowest BCUT2D eigenvalue weighted by molar-refractivity contribution is 0.0545. The Labute approximate surface area is 211 Å². The summed E-state index contributed by atoms with van der Waals surface area (Å²) in [4.78, 5) is 30.9. The molecule has 0 radical (unpaired) electrons. The summed E-state index contributed by atoms with van der Waals surface area (Å²) < 4.78 is 16.9. The Bertz CT molecular complexity index is 985. The fraction of sp³-hybridized carbons (Fsp3) is 0.462. The van der Waals surface area contributed by atoms with Crippen molar-refractivity contribution in [2.24, 2.45) is 5.92 Å². The summed E-state index contributed by atoms with van der Waals surface area (Å²) in [6.07, 6.45) is 8.92. The normalized spacial score (nSPS) is 24.7. The number of ether oxygens (including phenoxy) is 3. The first-order valence-corrected chi connectivity index (χ1v) is 12.5. The minimum Gasteiger partial charge on any atom is -0.494 e. The van der Waals surface area contributed by atoms with Crippen molar-refractivity contribution in [2.45, 2.75) is 26.0 Å². The van der Waals surface area contributed by atoms with E-state index in [2.05, 4.69) is 11.0 Å². The van der Waals surface area contributed by atoms with E-state index in [-0.39, 0.29) is 30.3 Å². The first-order valence-electron chi connectivity index (χ1n) is 12.1. The Hall–Kier alpha value is -2.97. The van der Waals surface area contributed by atoms with Crippen LogP contribution in [0.25, 0.3) is 0 Å². The summed E-state index contributed by atoms with van der Waals surface area (Å²) in [6.45, 7) is 7.75. The molecule has 0 spiro atoms. The highest BCUT2D eigenvalue weighted by atomic mass is 35.5. The first-order chi connectivity index (χ1) is 17.0. The molecule has 1 aliphatic carbocycles. The van der Waals surface area contributed by atoms with Gasteiger partial charge < -0.3 is 19.1 Å². The molecule has 2 heterocycles. The molecule has 35 heavy (non-hydrogen) atoms. The molecule has 9 heteroatoms. The molecule has 3 atom stereocenters. The van der Waals surface area contributed by atoms with Crippen molar-refractivity contribution < 1.29 is 23.8 Å². The van der Waals surface area contributed by atoms with Gasteiger partial charge in [-0.1, -0.05) is 29.8 Å². The van der Waals surface area contributed by atoms with Gasteiger partial charge in [0.05, 0.1) is 19.3 Å². The number of nitrogens with zero attached hydrogens (tertiary/aromatic N) is 3. The molecule has 1 aromatic rings. The number of anilines is 1. The zero-order valence-electron chi connectivity index (χ0n) is 20.1. The fourth-order valence-electron chi connectivity index (χ4n) is 4.69. The van der Waals surface area contributed by atoms with E-state index in [1.54, 1.807) is 28.9 Å². The molecular weight excluding hydrogens is 470 g/mol. The number of cyclic esters (lactones) is 1. The summed E-state index contributed by atoms with van der Waals surface area (Å²) in [5.41, 5.74) is 0.732. The van der Waals surface area contributed by atoms with Crippen molar-refractivity contribution >= 4 is 29.5 Å². The van der Waals surface area contributed by atoms with Gasteiger partial charge in [-0.2, -0.15) is 0 Å². The van der Waals surface area contributed by atoms with E-state index in [0.29, 0.717) is 51.0 Å². The van der Waals surface area contributed by atoms with Gasteiger partial charge in [0.25, 0.3) is 0 Å². The summed E-state index contributed by atoms with van der Waals surface area (Å²) in [7, 11) is 0. The molecule has 4 rings (SSSR count). The molecule has 2 aliphatic heterocycles. The number of hydrogen-bond acceptors (Lipinski definition) is 6. The van der Waals surface area contributed by atoms with E-state index in [9.17, 15) is 9.59 Å². The highest BCUT2D eigenvalue weighted by Crippen LogP contribution is 2.35. The predicted molar refractivity (Wildman–Crippen MR) is 135 cm³/mol. The molecule has 2 saturated heterocycles. The molecule has 2 fully saturated rings. The Balaban J connectivity index is 1.56. The SMILES string of the molecule is CCOC(=O)N1CCN(CC2OC(=O)N(c3ccc(Cl)cc3)[C@H]2C2C=CC=CC(OCC)=C2)CC1. The van der Waals surface area contributed by atoms with Crippen LogP contribution in [-0.2, 0) is 14.2 Å². The molecule has 188 valence electrons. The lowest BCUT2D eigenvalue weighted by Crippen LogP contribution is -2.53. The van der Waals surface area contributed by atoms with Crippen LogP contribution in [0.1, 0.15) is 13.8 Å². The Morgan fingerprint density at radius 3 is 2.51 bits per heavy atom. The number of benzene rings is 1. The minimum absolute atomic E-state index is 0.125. The number of allylic oxidation sites excluding steroid dienone is 3. The van der Waals surface area contributed by atoms with E-state index in [4.69, 9.17) is 25.8 Å². The highest BCUT2D eigenvalue weighted by Gasteiger charge is 2.46. The maximum absolute atomic E-state index is 13.2. The standard InChI is InChI=1S/C26H32ClN3O5/c1-3-33-22-8-6-5-7-19(17-22)24-23(18-28-13-15-29(16-14-28)25(31)34-4-2)35-26(32)30(24)21-11-9-20(27)10-12-21/h5-12,17,19,23-24H,3-4,13-16,18H2,1-2H3/t19?,23?,24-/m0/s1. The monoisotopic (exact) mass is 501 g/mol. The molecule has 0 aromatic heterocycles. The lowest BCUT2D eigenvalue weighted by Gasteiger charge is -2.36. The smallest absolute Gasteiger partial charge is 0.415 e. The molecule has 0 saturated carbocycles. The van der Waals surface area contributed by atoms with Gasteiger partial charge in [-0.25, -0.2) is 9.59 Å². The summed E-state index contributed by atoms with van der Waals surface area (Å²) in [6, 6.07) is 6.94. The van der Waals surface area contributed by atoms with Crippen LogP contribution in [0.15, 0.2) is 60.4 Å². The van der Waals surface area contributed by atoms with Crippen LogP contribution in [-0.4, -0.2) is 80.1 Å². The molecule has 8 nitrogen and oxygen atoms in total. The van der Waals surface area contributed by atoms with Gasteiger partial charge in [-0.05, 0) is 50.3 Å². The maximum atomic E-state index is 13.2. The third kappa shape index (κ3) is 6.00. The topological polar surface area (TPSA) is 71.6 Å². The second-order valence-corrected chi connectivity index (χ2v) is 9.01. The van der Waals surface area contributed by atoms with Crippen LogP contribution in [0.5, 0.6) is 0 Å². The van der Waals surface area contributed by atoms with Crippen molar-refractivity contribution in [3.63, 3.8) is 0 Å². The maximum Gasteiger partial charge on any atom is 0.415 e. The fourth-order valence-corrected chi connectivity index (χ4v) is 4.82. The number of carbonyl (C=O) groups excluding carboxylic acids is 2.